The van der Waals surface area contributed by atoms with E-state index in [1.54, 1.807) is 24.3 Å². The second-order valence-corrected chi connectivity index (χ2v) is 6.75. The highest BCUT2D eigenvalue weighted by molar-refractivity contribution is 6.51. The van der Waals surface area contributed by atoms with Crippen LogP contribution in [0.3, 0.4) is 0 Å². The van der Waals surface area contributed by atoms with Crippen molar-refractivity contribution in [2.45, 2.75) is 13.0 Å². The van der Waals surface area contributed by atoms with Gasteiger partial charge in [-0.15, -0.1) is 0 Å². The van der Waals surface area contributed by atoms with E-state index in [4.69, 9.17) is 16.7 Å². The molecular weight excluding hydrogens is 364 g/mol. The lowest BCUT2D eigenvalue weighted by atomic mass is 9.96. The predicted octanol–water partition coefficient (Wildman–Crippen LogP) is 3.24. The molecule has 2 heterocycles. The van der Waals surface area contributed by atoms with Gasteiger partial charge in [0.25, 0.3) is 11.8 Å². The molecule has 1 aliphatic heterocycles. The number of rotatable bonds is 5. The highest BCUT2D eigenvalue weighted by Crippen LogP contribution is 2.38. The molecule has 27 heavy (non-hydrogen) atoms. The molecule has 0 spiro atoms. The summed E-state index contributed by atoms with van der Waals surface area (Å²) in [5.74, 6) is -0.879. The number of halogens is 1. The summed E-state index contributed by atoms with van der Waals surface area (Å²) in [7, 11) is 0. The van der Waals surface area contributed by atoms with Gasteiger partial charge in [-0.1, -0.05) is 48.0 Å². The zero-order valence-corrected chi connectivity index (χ0v) is 15.2. The molecule has 0 fully saturated rings. The molecule has 136 valence electrons. The quantitative estimate of drug-likeness (QED) is 0.667. The number of aliphatic hydroxyl groups excluding tert-OH is 1. The van der Waals surface area contributed by atoms with Crippen LogP contribution in [0, 0.1) is 0 Å². The highest BCUT2D eigenvalue weighted by atomic mass is 35.5. The molecule has 0 radical (unpaired) electrons. The van der Waals surface area contributed by atoms with Crippen LogP contribution in [0.2, 0.25) is 5.02 Å². The average molecular weight is 381 g/mol. The number of carbonyl (C=O) groups excluding carboxylic acids is 2. The Bertz CT molecular complexity index is 1100. The van der Waals surface area contributed by atoms with Crippen LogP contribution in [0.5, 0.6) is 0 Å². The standard InChI is InChI=1S/C21H17ClN2O3/c22-16-8-3-1-7-14(16)18-19(21(27)23-20(18)26)15-12-24(10-5-11-25)17-9-4-2-6-13(15)17/h1-4,6-9,12,25H,5,10-11H2,(H,23,26,27). The molecule has 2 aromatic carbocycles. The minimum atomic E-state index is -0.449. The third-order valence-corrected chi connectivity index (χ3v) is 5.02. The fourth-order valence-corrected chi connectivity index (χ4v) is 3.74. The lowest BCUT2D eigenvalue weighted by molar-refractivity contribution is -0.122. The van der Waals surface area contributed by atoms with Gasteiger partial charge in [0, 0.05) is 46.4 Å². The molecular formula is C21H17ClN2O3. The van der Waals surface area contributed by atoms with E-state index in [0.29, 0.717) is 34.7 Å². The number of hydrogen-bond donors (Lipinski definition) is 2. The van der Waals surface area contributed by atoms with Crippen LogP contribution in [0.15, 0.2) is 54.7 Å². The summed E-state index contributed by atoms with van der Waals surface area (Å²) in [4.78, 5) is 25.2. The predicted molar refractivity (Wildman–Crippen MR) is 105 cm³/mol. The summed E-state index contributed by atoms with van der Waals surface area (Å²) in [6.07, 6.45) is 2.46. The van der Waals surface area contributed by atoms with Gasteiger partial charge in [-0.3, -0.25) is 14.9 Å². The van der Waals surface area contributed by atoms with Gasteiger partial charge in [0.05, 0.1) is 11.1 Å². The Labute approximate surface area is 160 Å². The van der Waals surface area contributed by atoms with Crippen LogP contribution < -0.4 is 5.32 Å². The first-order valence-corrected chi connectivity index (χ1v) is 9.03. The minimum absolute atomic E-state index is 0.0778. The number of para-hydroxylation sites is 1. The Balaban J connectivity index is 1.99. The zero-order valence-electron chi connectivity index (χ0n) is 14.4. The Kier molecular flexibility index (Phi) is 4.56. The molecule has 0 atom stereocenters. The first kappa shape index (κ1) is 17.5. The molecule has 0 saturated carbocycles. The number of amides is 2. The number of aliphatic hydroxyl groups is 1. The first-order chi connectivity index (χ1) is 13.1. The number of benzene rings is 2. The second-order valence-electron chi connectivity index (χ2n) is 6.34. The molecule has 5 nitrogen and oxygen atoms in total. The number of fused-ring (bicyclic) bond motifs is 1. The van der Waals surface area contributed by atoms with Crippen molar-refractivity contribution in [3.8, 4) is 0 Å². The molecule has 3 aromatic rings. The first-order valence-electron chi connectivity index (χ1n) is 8.65. The summed E-state index contributed by atoms with van der Waals surface area (Å²) in [5, 5.41) is 12.9. The van der Waals surface area contributed by atoms with Crippen molar-refractivity contribution in [2.75, 3.05) is 6.61 Å². The smallest absolute Gasteiger partial charge is 0.259 e. The lowest BCUT2D eigenvalue weighted by Gasteiger charge is -2.06. The van der Waals surface area contributed by atoms with Crippen molar-refractivity contribution >= 4 is 45.5 Å². The van der Waals surface area contributed by atoms with Crippen molar-refractivity contribution in [3.05, 3.63) is 70.9 Å². The van der Waals surface area contributed by atoms with E-state index in [2.05, 4.69) is 5.32 Å². The Morgan fingerprint density at radius 3 is 2.33 bits per heavy atom. The maximum atomic E-state index is 12.7. The summed E-state index contributed by atoms with van der Waals surface area (Å²) < 4.78 is 1.99. The normalized spacial score (nSPS) is 14.3. The van der Waals surface area contributed by atoms with Gasteiger partial charge in [-0.25, -0.2) is 0 Å². The van der Waals surface area contributed by atoms with Crippen molar-refractivity contribution in [2.24, 2.45) is 0 Å². The lowest BCUT2D eigenvalue weighted by Crippen LogP contribution is -2.22. The monoisotopic (exact) mass is 380 g/mol. The van der Waals surface area contributed by atoms with E-state index in [0.717, 1.165) is 10.9 Å². The Hall–Kier alpha value is -2.89. The molecule has 0 unspecified atom stereocenters. The number of nitrogens with one attached hydrogen (secondary N) is 1. The molecule has 0 bridgehead atoms. The molecule has 0 aliphatic carbocycles. The largest absolute Gasteiger partial charge is 0.396 e. The fraction of sp³-hybridized carbons (Fsp3) is 0.143. The maximum Gasteiger partial charge on any atom is 0.259 e. The Morgan fingerprint density at radius 2 is 1.59 bits per heavy atom. The third kappa shape index (κ3) is 2.95. The van der Waals surface area contributed by atoms with Gasteiger partial charge in [0.1, 0.15) is 0 Å². The van der Waals surface area contributed by atoms with Crippen LogP contribution >= 0.6 is 11.6 Å². The summed E-state index contributed by atoms with van der Waals surface area (Å²) in [5.41, 5.74) is 2.77. The van der Waals surface area contributed by atoms with Crippen LogP contribution in [0.4, 0.5) is 0 Å². The molecule has 2 amide bonds. The van der Waals surface area contributed by atoms with Crippen molar-refractivity contribution in [3.63, 3.8) is 0 Å². The van der Waals surface area contributed by atoms with Crippen LogP contribution in [0.25, 0.3) is 22.0 Å². The summed E-state index contributed by atoms with van der Waals surface area (Å²) in [6.45, 7) is 0.690. The number of hydrogen-bond acceptors (Lipinski definition) is 3. The van der Waals surface area contributed by atoms with Gasteiger partial charge in [-0.2, -0.15) is 0 Å². The average Bonchev–Trinajstić information content (AvgIpc) is 3.17. The summed E-state index contributed by atoms with van der Waals surface area (Å²) >= 11 is 6.30. The van der Waals surface area contributed by atoms with E-state index in [1.807, 2.05) is 35.0 Å². The van der Waals surface area contributed by atoms with Gasteiger partial charge in [0.15, 0.2) is 0 Å². The zero-order chi connectivity index (χ0) is 19.0. The third-order valence-electron chi connectivity index (χ3n) is 4.69. The number of carbonyl (C=O) groups is 2. The molecule has 2 N–H and O–H groups in total. The van der Waals surface area contributed by atoms with E-state index >= 15 is 0 Å². The number of aryl methyl sites for hydroxylation is 1. The maximum absolute atomic E-state index is 12.7. The van der Waals surface area contributed by atoms with E-state index < -0.39 is 11.8 Å². The van der Waals surface area contributed by atoms with Crippen LogP contribution in [-0.4, -0.2) is 28.1 Å². The molecule has 6 heteroatoms. The number of nitrogens with zero attached hydrogens (tertiary/aromatic N) is 1. The van der Waals surface area contributed by atoms with Crippen LogP contribution in [-0.2, 0) is 16.1 Å². The van der Waals surface area contributed by atoms with Crippen molar-refractivity contribution in [1.82, 2.24) is 9.88 Å². The minimum Gasteiger partial charge on any atom is -0.396 e. The number of imide groups is 1. The summed E-state index contributed by atoms with van der Waals surface area (Å²) in [6, 6.07) is 14.7. The fourth-order valence-electron chi connectivity index (χ4n) is 3.51. The van der Waals surface area contributed by atoms with E-state index in [1.165, 1.54) is 0 Å². The molecule has 0 saturated heterocycles. The van der Waals surface area contributed by atoms with Gasteiger partial charge < -0.3 is 9.67 Å². The van der Waals surface area contributed by atoms with Gasteiger partial charge in [-0.05, 0) is 18.6 Å². The SMILES string of the molecule is O=C1NC(=O)C(c2cn(CCCO)c3ccccc23)=C1c1ccccc1Cl. The molecule has 1 aliphatic rings. The van der Waals surface area contributed by atoms with Crippen molar-refractivity contribution < 1.29 is 14.7 Å². The van der Waals surface area contributed by atoms with Gasteiger partial charge in [0.2, 0.25) is 0 Å². The Morgan fingerprint density at radius 1 is 0.926 bits per heavy atom. The topological polar surface area (TPSA) is 71.3 Å². The second kappa shape index (κ2) is 7.02. The molecule has 1 aromatic heterocycles. The molecule has 4 rings (SSSR count). The van der Waals surface area contributed by atoms with Gasteiger partial charge >= 0.3 is 0 Å². The van der Waals surface area contributed by atoms with E-state index in [9.17, 15) is 9.59 Å². The van der Waals surface area contributed by atoms with Crippen LogP contribution in [0.1, 0.15) is 17.5 Å². The highest BCUT2D eigenvalue weighted by Gasteiger charge is 2.34. The van der Waals surface area contributed by atoms with E-state index in [-0.39, 0.29) is 12.2 Å². The number of aromatic nitrogens is 1. The van der Waals surface area contributed by atoms with Crippen molar-refractivity contribution in [1.29, 1.82) is 0 Å².